The highest BCUT2D eigenvalue weighted by molar-refractivity contribution is 5.70. The Morgan fingerprint density at radius 3 is 1.48 bits per heavy atom. The zero-order chi connectivity index (χ0) is 48.9. The third-order valence-electron chi connectivity index (χ3n) is 12.0. The van der Waals surface area contributed by atoms with E-state index in [4.69, 9.17) is 28.4 Å². The lowest BCUT2D eigenvalue weighted by Gasteiger charge is -2.42. The van der Waals surface area contributed by atoms with Crippen LogP contribution in [0.25, 0.3) is 0 Å². The quantitative estimate of drug-likeness (QED) is 0.0185. The summed E-state index contributed by atoms with van der Waals surface area (Å²) in [5.41, 5.74) is 0. The van der Waals surface area contributed by atoms with Crippen molar-refractivity contribution in [2.45, 2.75) is 242 Å². The van der Waals surface area contributed by atoms with Crippen molar-refractivity contribution in [1.82, 2.24) is 0 Å². The van der Waals surface area contributed by atoms with Gasteiger partial charge < -0.3 is 64.2 Å². The lowest BCUT2D eigenvalue weighted by molar-refractivity contribution is -0.332. The van der Waals surface area contributed by atoms with Crippen molar-refractivity contribution >= 4 is 11.9 Å². The Morgan fingerprint density at radius 1 is 0.478 bits per heavy atom. The molecule has 2 fully saturated rings. The molecule has 2 saturated heterocycles. The van der Waals surface area contributed by atoms with E-state index < -0.39 is 99.3 Å². The monoisotopic (exact) mass is 955 g/mol. The van der Waals surface area contributed by atoms with Crippen LogP contribution in [0.4, 0.5) is 0 Å². The minimum atomic E-state index is -1.77. The summed E-state index contributed by atoms with van der Waals surface area (Å²) in [4.78, 5) is 25.7. The van der Waals surface area contributed by atoms with E-state index in [9.17, 15) is 45.3 Å². The molecule has 15 heteroatoms. The van der Waals surface area contributed by atoms with Crippen LogP contribution in [-0.2, 0) is 38.0 Å². The van der Waals surface area contributed by atoms with Gasteiger partial charge in [0.2, 0.25) is 0 Å². The first-order valence-electron chi connectivity index (χ1n) is 25.7. The highest BCUT2D eigenvalue weighted by atomic mass is 16.7. The number of hydrogen-bond acceptors (Lipinski definition) is 15. The second kappa shape index (κ2) is 39.2. The predicted molar refractivity (Wildman–Crippen MR) is 257 cm³/mol. The number of aliphatic hydroxyl groups excluding tert-OH is 7. The van der Waals surface area contributed by atoms with Gasteiger partial charge in [0.25, 0.3) is 0 Å². The van der Waals surface area contributed by atoms with Gasteiger partial charge in [0.05, 0.1) is 19.8 Å². The van der Waals surface area contributed by atoms with Gasteiger partial charge in [0.15, 0.2) is 18.7 Å². The van der Waals surface area contributed by atoms with Crippen molar-refractivity contribution in [3.05, 3.63) is 48.6 Å². The molecule has 2 aliphatic heterocycles. The van der Waals surface area contributed by atoms with E-state index in [1.807, 2.05) is 6.08 Å². The number of hydrogen-bond donors (Lipinski definition) is 7. The average molecular weight is 955 g/mol. The molecule has 2 heterocycles. The molecule has 0 bridgehead atoms. The summed E-state index contributed by atoms with van der Waals surface area (Å²) in [7, 11) is 0. The van der Waals surface area contributed by atoms with Gasteiger partial charge in [-0.05, 0) is 64.2 Å². The van der Waals surface area contributed by atoms with Gasteiger partial charge >= 0.3 is 11.9 Å². The first-order valence-corrected chi connectivity index (χ1v) is 25.7. The molecule has 388 valence electrons. The molecule has 0 aromatic rings. The Labute approximate surface area is 401 Å². The first kappa shape index (κ1) is 60.6. The molecule has 67 heavy (non-hydrogen) atoms. The van der Waals surface area contributed by atoms with Crippen molar-refractivity contribution < 1.29 is 73.8 Å². The van der Waals surface area contributed by atoms with Gasteiger partial charge in [-0.25, -0.2) is 0 Å². The van der Waals surface area contributed by atoms with Gasteiger partial charge in [-0.15, -0.1) is 0 Å². The number of ether oxygens (including phenoxy) is 6. The normalized spacial score (nSPS) is 26.3. The molecule has 2 rings (SSSR count). The lowest BCUT2D eigenvalue weighted by Crippen LogP contribution is -2.61. The molecule has 11 atom stereocenters. The zero-order valence-corrected chi connectivity index (χ0v) is 40.9. The Kier molecular flexibility index (Phi) is 35.5. The third-order valence-corrected chi connectivity index (χ3v) is 12.0. The molecule has 0 aliphatic carbocycles. The van der Waals surface area contributed by atoms with Crippen molar-refractivity contribution in [1.29, 1.82) is 0 Å². The van der Waals surface area contributed by atoms with Gasteiger partial charge in [-0.2, -0.15) is 0 Å². The largest absolute Gasteiger partial charge is 0.462 e. The van der Waals surface area contributed by atoms with Crippen molar-refractivity contribution in [3.63, 3.8) is 0 Å². The number of aliphatic hydroxyl groups is 7. The fourth-order valence-corrected chi connectivity index (χ4v) is 7.74. The maximum Gasteiger partial charge on any atom is 0.306 e. The molecule has 15 nitrogen and oxygen atoms in total. The van der Waals surface area contributed by atoms with E-state index in [1.165, 1.54) is 70.6 Å². The smallest absolute Gasteiger partial charge is 0.306 e. The molecular formula is C52H90O15. The number of rotatable bonds is 39. The molecule has 4 unspecified atom stereocenters. The summed E-state index contributed by atoms with van der Waals surface area (Å²) in [5.74, 6) is -0.996. The van der Waals surface area contributed by atoms with Crippen LogP contribution in [0.5, 0.6) is 0 Å². The van der Waals surface area contributed by atoms with Crippen LogP contribution in [0.1, 0.15) is 174 Å². The summed E-state index contributed by atoms with van der Waals surface area (Å²) >= 11 is 0. The minimum absolute atomic E-state index is 0.139. The van der Waals surface area contributed by atoms with E-state index in [1.54, 1.807) is 0 Å². The second-order valence-electron chi connectivity index (χ2n) is 18.0. The molecule has 2 aliphatic rings. The SMILES string of the molecule is CCCC/C=C/C/C=C/CCCCCCCC(=O)O[C@@H](COC(=O)CCC/C=C/C/C=C/CCCCCCCCCCC)CO[C@@H]1O[C@H](CO[C@@H]2O[C@H](CO)[C@H](O)C(O)C2O)[C@H](O)C(O)C1O. The molecule has 0 spiro atoms. The van der Waals surface area contributed by atoms with Crippen LogP contribution in [-0.4, -0.2) is 142 Å². The molecule has 0 amide bonds. The number of unbranched alkanes of at least 4 members (excludes halogenated alkanes) is 17. The van der Waals surface area contributed by atoms with Crippen LogP contribution in [0, 0.1) is 0 Å². The van der Waals surface area contributed by atoms with Crippen LogP contribution < -0.4 is 0 Å². The summed E-state index contributed by atoms with van der Waals surface area (Å²) in [5, 5.41) is 72.0. The lowest BCUT2D eigenvalue weighted by atomic mass is 9.98. The zero-order valence-electron chi connectivity index (χ0n) is 40.9. The molecular weight excluding hydrogens is 865 g/mol. The molecule has 0 aromatic heterocycles. The summed E-state index contributed by atoms with van der Waals surface area (Å²) < 4.78 is 33.5. The fourth-order valence-electron chi connectivity index (χ4n) is 7.74. The van der Waals surface area contributed by atoms with Gasteiger partial charge in [-0.1, -0.05) is 146 Å². The number of carbonyl (C=O) groups is 2. The highest BCUT2D eigenvalue weighted by Gasteiger charge is 2.47. The maximum atomic E-state index is 13.0. The minimum Gasteiger partial charge on any atom is -0.462 e. The fraction of sp³-hybridized carbons (Fsp3) is 0.808. The number of allylic oxidation sites excluding steroid dienone is 8. The standard InChI is InChI=1S/C52H90O15/c1-3-5-7-9-11-13-15-17-19-20-21-23-24-26-28-30-32-34-43(54)62-37-40(65-44(55)35-33-31-29-27-25-22-18-16-14-12-10-8-6-4-2)38-63-51-50(61)48(59)46(57)42(67-51)39-64-52-49(60)47(58)45(56)41(36-53)66-52/h10,12,16,18,21,23,26,28,40-42,45-53,56-61H,3-9,11,13-15,17,19-20,22,24-25,27,29-39H2,1-2H3/b12-10+,18-16+,23-21+,28-26+/t40-,41+,42+,45-,46-,47?,48?,49?,50?,51+,52+/m0/s1. The molecule has 0 saturated carbocycles. The van der Waals surface area contributed by atoms with Gasteiger partial charge in [0.1, 0.15) is 55.4 Å². The van der Waals surface area contributed by atoms with E-state index in [0.717, 1.165) is 57.8 Å². The third kappa shape index (κ3) is 27.4. The summed E-state index contributed by atoms with van der Waals surface area (Å²) in [6.07, 6.45) is 25.8. The molecule has 0 aromatic carbocycles. The van der Waals surface area contributed by atoms with E-state index in [0.29, 0.717) is 19.3 Å². The summed E-state index contributed by atoms with van der Waals surface area (Å²) in [6, 6.07) is 0. The number of carbonyl (C=O) groups excluding carboxylic acids is 2. The summed E-state index contributed by atoms with van der Waals surface area (Å²) in [6.45, 7) is 2.48. The van der Waals surface area contributed by atoms with Crippen LogP contribution in [0.2, 0.25) is 0 Å². The average Bonchev–Trinajstić information content (AvgIpc) is 3.32. The Bertz CT molecular complexity index is 1350. The van der Waals surface area contributed by atoms with Crippen LogP contribution >= 0.6 is 0 Å². The Hall–Kier alpha value is -2.54. The van der Waals surface area contributed by atoms with Crippen molar-refractivity contribution in [2.75, 3.05) is 26.4 Å². The Morgan fingerprint density at radius 2 is 0.925 bits per heavy atom. The molecule has 7 N–H and O–H groups in total. The van der Waals surface area contributed by atoms with E-state index >= 15 is 0 Å². The molecule has 0 radical (unpaired) electrons. The Balaban J connectivity index is 1.83. The van der Waals surface area contributed by atoms with Crippen molar-refractivity contribution in [2.24, 2.45) is 0 Å². The maximum absolute atomic E-state index is 13.0. The predicted octanol–water partition coefficient (Wildman–Crippen LogP) is 7.10. The van der Waals surface area contributed by atoms with Gasteiger partial charge in [-0.3, -0.25) is 9.59 Å². The topological polar surface area (TPSA) is 231 Å². The van der Waals surface area contributed by atoms with Gasteiger partial charge in [0, 0.05) is 12.8 Å². The van der Waals surface area contributed by atoms with E-state index in [-0.39, 0.29) is 19.4 Å². The first-order chi connectivity index (χ1) is 32.5. The van der Waals surface area contributed by atoms with Crippen molar-refractivity contribution in [3.8, 4) is 0 Å². The number of esters is 2. The van der Waals surface area contributed by atoms with Crippen LogP contribution in [0.3, 0.4) is 0 Å². The highest BCUT2D eigenvalue weighted by Crippen LogP contribution is 2.26. The van der Waals surface area contributed by atoms with Crippen LogP contribution in [0.15, 0.2) is 48.6 Å². The second-order valence-corrected chi connectivity index (χ2v) is 18.0. The van der Waals surface area contributed by atoms with E-state index in [2.05, 4.69) is 56.4 Å².